The van der Waals surface area contributed by atoms with Crippen LogP contribution in [0, 0.1) is 22.7 Å². The topological polar surface area (TPSA) is 71.0 Å². The molecule has 1 N–H and O–H groups in total. The molecule has 118 valence electrons. The van der Waals surface area contributed by atoms with Crippen LogP contribution in [0.25, 0.3) is 5.57 Å². The highest BCUT2D eigenvalue weighted by molar-refractivity contribution is 5.72. The number of hydrogen-bond donors (Lipinski definition) is 1. The Labute approximate surface area is 137 Å². The molecule has 0 heterocycles. The minimum atomic E-state index is 0.139. The summed E-state index contributed by atoms with van der Waals surface area (Å²) in [6.45, 7) is 3.68. The van der Waals surface area contributed by atoms with Crippen molar-refractivity contribution in [3.63, 3.8) is 0 Å². The fourth-order valence-electron chi connectivity index (χ4n) is 2.89. The number of allylic oxidation sites excluding steroid dienone is 4. The monoisotopic (exact) mass is 307 g/mol. The molecule has 1 aromatic rings. The van der Waals surface area contributed by atoms with Crippen LogP contribution in [0.2, 0.25) is 0 Å². The van der Waals surface area contributed by atoms with E-state index in [0.29, 0.717) is 6.54 Å². The average Bonchev–Trinajstić information content (AvgIpc) is 2.61. The molecule has 0 spiro atoms. The second-order valence-corrected chi connectivity index (χ2v) is 5.50. The van der Waals surface area contributed by atoms with Crippen LogP contribution < -0.4 is 4.90 Å². The molecule has 23 heavy (non-hydrogen) atoms. The smallest absolute Gasteiger partial charge is 0.132 e. The zero-order valence-electron chi connectivity index (χ0n) is 13.4. The first-order chi connectivity index (χ1) is 11.2. The molecule has 0 saturated carbocycles. The lowest BCUT2D eigenvalue weighted by Crippen LogP contribution is -2.25. The van der Waals surface area contributed by atoms with Gasteiger partial charge in [-0.05, 0) is 55.0 Å². The maximum absolute atomic E-state index is 9.11. The van der Waals surface area contributed by atoms with Crippen molar-refractivity contribution in [2.24, 2.45) is 0 Å². The SMILES string of the molecule is CCN(CCO)c1ccc(C2=CC(=C(C#N)C#N)CCC2)cc1. The van der Waals surface area contributed by atoms with E-state index in [2.05, 4.69) is 36.1 Å². The predicted octanol–water partition coefficient (Wildman–Crippen LogP) is 3.42. The van der Waals surface area contributed by atoms with Crippen molar-refractivity contribution < 1.29 is 5.11 Å². The molecule has 0 atom stereocenters. The van der Waals surface area contributed by atoms with E-state index in [0.717, 1.165) is 42.6 Å². The minimum absolute atomic E-state index is 0.139. The van der Waals surface area contributed by atoms with Gasteiger partial charge in [0.05, 0.1) is 6.61 Å². The van der Waals surface area contributed by atoms with Crippen LogP contribution in [0.1, 0.15) is 31.7 Å². The maximum Gasteiger partial charge on any atom is 0.132 e. The summed E-state index contributed by atoms with van der Waals surface area (Å²) in [4.78, 5) is 2.12. The van der Waals surface area contributed by atoms with E-state index < -0.39 is 0 Å². The number of nitrogens with zero attached hydrogens (tertiary/aromatic N) is 3. The molecule has 0 saturated heterocycles. The second kappa shape index (κ2) is 8.17. The molecule has 0 fully saturated rings. The number of nitriles is 2. The second-order valence-electron chi connectivity index (χ2n) is 5.50. The van der Waals surface area contributed by atoms with E-state index in [1.165, 1.54) is 5.57 Å². The van der Waals surface area contributed by atoms with Crippen molar-refractivity contribution in [1.82, 2.24) is 0 Å². The van der Waals surface area contributed by atoms with Crippen LogP contribution in [0.3, 0.4) is 0 Å². The predicted molar refractivity (Wildman–Crippen MR) is 91.5 cm³/mol. The van der Waals surface area contributed by atoms with Gasteiger partial charge >= 0.3 is 0 Å². The molecule has 4 heteroatoms. The molecule has 2 rings (SSSR count). The van der Waals surface area contributed by atoms with Crippen molar-refractivity contribution in [2.45, 2.75) is 26.2 Å². The summed E-state index contributed by atoms with van der Waals surface area (Å²) in [6, 6.07) is 12.2. The van der Waals surface area contributed by atoms with E-state index in [-0.39, 0.29) is 12.2 Å². The van der Waals surface area contributed by atoms with Gasteiger partial charge in [0.15, 0.2) is 0 Å². The lowest BCUT2D eigenvalue weighted by Gasteiger charge is -2.22. The molecular formula is C19H21N3O. The van der Waals surface area contributed by atoms with Crippen LogP contribution in [0.15, 0.2) is 41.5 Å². The minimum Gasteiger partial charge on any atom is -0.395 e. The number of aliphatic hydroxyl groups excluding tert-OH is 1. The Morgan fingerprint density at radius 1 is 1.17 bits per heavy atom. The van der Waals surface area contributed by atoms with Gasteiger partial charge in [-0.1, -0.05) is 18.2 Å². The van der Waals surface area contributed by atoms with Gasteiger partial charge in [0.25, 0.3) is 0 Å². The molecular weight excluding hydrogens is 286 g/mol. The van der Waals surface area contributed by atoms with E-state index in [4.69, 9.17) is 15.6 Å². The highest BCUT2D eigenvalue weighted by Gasteiger charge is 2.13. The van der Waals surface area contributed by atoms with Crippen LogP contribution in [0.4, 0.5) is 5.69 Å². The fourth-order valence-corrected chi connectivity index (χ4v) is 2.89. The van der Waals surface area contributed by atoms with Gasteiger partial charge in [0.2, 0.25) is 0 Å². The maximum atomic E-state index is 9.11. The largest absolute Gasteiger partial charge is 0.395 e. The van der Waals surface area contributed by atoms with Crippen molar-refractivity contribution in [3.05, 3.63) is 47.1 Å². The average molecular weight is 307 g/mol. The summed E-state index contributed by atoms with van der Waals surface area (Å²) < 4.78 is 0. The van der Waals surface area contributed by atoms with Gasteiger partial charge in [-0.2, -0.15) is 10.5 Å². The highest BCUT2D eigenvalue weighted by Crippen LogP contribution is 2.31. The van der Waals surface area contributed by atoms with Crippen LogP contribution in [-0.4, -0.2) is 24.8 Å². The Morgan fingerprint density at radius 2 is 1.87 bits per heavy atom. The third kappa shape index (κ3) is 4.00. The lowest BCUT2D eigenvalue weighted by molar-refractivity contribution is 0.302. The lowest BCUT2D eigenvalue weighted by atomic mass is 9.89. The summed E-state index contributed by atoms with van der Waals surface area (Å²) in [5.74, 6) is 0. The zero-order chi connectivity index (χ0) is 16.7. The number of anilines is 1. The van der Waals surface area contributed by atoms with Crippen LogP contribution in [-0.2, 0) is 0 Å². The number of likely N-dealkylation sites (N-methyl/N-ethyl adjacent to an activating group) is 1. The Kier molecular flexibility index (Phi) is 5.97. The van der Waals surface area contributed by atoms with E-state index in [1.54, 1.807) is 0 Å². The Bertz CT molecular complexity index is 671. The molecule has 0 unspecified atom stereocenters. The van der Waals surface area contributed by atoms with Crippen molar-refractivity contribution in [1.29, 1.82) is 10.5 Å². The van der Waals surface area contributed by atoms with Crippen molar-refractivity contribution in [2.75, 3.05) is 24.6 Å². The van der Waals surface area contributed by atoms with E-state index in [9.17, 15) is 0 Å². The molecule has 0 aromatic heterocycles. The molecule has 0 aliphatic heterocycles. The first kappa shape index (κ1) is 16.8. The summed E-state index contributed by atoms with van der Waals surface area (Å²) in [6.07, 6.45) is 4.70. The Hall–Kier alpha value is -2.56. The summed E-state index contributed by atoms with van der Waals surface area (Å²) in [7, 11) is 0. The third-order valence-electron chi connectivity index (χ3n) is 4.14. The Balaban J connectivity index is 2.27. The van der Waals surface area contributed by atoms with Crippen LogP contribution in [0.5, 0.6) is 0 Å². The quantitative estimate of drug-likeness (QED) is 0.846. The van der Waals surface area contributed by atoms with E-state index >= 15 is 0 Å². The summed E-state index contributed by atoms with van der Waals surface area (Å²) >= 11 is 0. The molecule has 1 aromatic carbocycles. The number of hydrogen-bond acceptors (Lipinski definition) is 4. The first-order valence-electron chi connectivity index (χ1n) is 7.93. The van der Waals surface area contributed by atoms with Gasteiger partial charge in [-0.3, -0.25) is 0 Å². The van der Waals surface area contributed by atoms with Crippen molar-refractivity contribution >= 4 is 11.3 Å². The van der Waals surface area contributed by atoms with Crippen LogP contribution >= 0.6 is 0 Å². The summed E-state index contributed by atoms with van der Waals surface area (Å²) in [5, 5.41) is 27.2. The molecule has 0 bridgehead atoms. The molecule has 1 aliphatic rings. The number of rotatable bonds is 5. The third-order valence-corrected chi connectivity index (χ3v) is 4.14. The first-order valence-corrected chi connectivity index (χ1v) is 7.93. The molecule has 0 amide bonds. The Morgan fingerprint density at radius 3 is 2.43 bits per heavy atom. The van der Waals surface area contributed by atoms with Gasteiger partial charge in [0.1, 0.15) is 17.7 Å². The molecule has 1 aliphatic carbocycles. The summed E-state index contributed by atoms with van der Waals surface area (Å²) in [5.41, 5.74) is 4.45. The molecule has 4 nitrogen and oxygen atoms in total. The number of benzene rings is 1. The van der Waals surface area contributed by atoms with Gasteiger partial charge in [-0.15, -0.1) is 0 Å². The molecule has 0 radical (unpaired) electrons. The number of aliphatic hydroxyl groups is 1. The van der Waals surface area contributed by atoms with Gasteiger partial charge in [0, 0.05) is 18.8 Å². The van der Waals surface area contributed by atoms with E-state index in [1.807, 2.05) is 18.2 Å². The standard InChI is InChI=1S/C19H21N3O/c1-2-22(10-11-23)19-8-6-15(7-9-19)16-4-3-5-17(12-16)18(13-20)14-21/h6-9,12,23H,2-5,10-11H2,1H3. The fraction of sp³-hybridized carbons (Fsp3) is 0.368. The van der Waals surface area contributed by atoms with Gasteiger partial charge in [-0.25, -0.2) is 0 Å². The normalized spacial score (nSPS) is 13.7. The van der Waals surface area contributed by atoms with Crippen molar-refractivity contribution in [3.8, 4) is 12.1 Å². The van der Waals surface area contributed by atoms with Gasteiger partial charge < -0.3 is 10.0 Å². The highest BCUT2D eigenvalue weighted by atomic mass is 16.3. The zero-order valence-corrected chi connectivity index (χ0v) is 13.4.